The number of carbonyl (C=O) groups is 2. The monoisotopic (exact) mass is 307 g/mol. The molecule has 1 unspecified atom stereocenters. The minimum atomic E-state index is -0.841. The van der Waals surface area contributed by atoms with Crippen LogP contribution in [-0.4, -0.2) is 28.8 Å². The van der Waals surface area contributed by atoms with Crippen LogP contribution in [-0.2, 0) is 9.59 Å². The van der Waals surface area contributed by atoms with Gasteiger partial charge in [-0.1, -0.05) is 18.2 Å². The second-order valence-corrected chi connectivity index (χ2v) is 6.54. The van der Waals surface area contributed by atoms with Crippen LogP contribution in [0.5, 0.6) is 0 Å². The topological polar surface area (TPSA) is 66.4 Å². The molecule has 1 fully saturated rings. The van der Waals surface area contributed by atoms with Crippen LogP contribution in [0.3, 0.4) is 0 Å². The maximum absolute atomic E-state index is 11.9. The van der Waals surface area contributed by atoms with Crippen LogP contribution in [0, 0.1) is 5.92 Å². The molecule has 1 aliphatic carbocycles. The third-order valence-electron chi connectivity index (χ3n) is 3.49. The number of benzene rings is 1. The Bertz CT molecular complexity index is 474. The van der Waals surface area contributed by atoms with E-state index in [2.05, 4.69) is 17.4 Å². The van der Waals surface area contributed by atoms with E-state index in [1.807, 2.05) is 18.2 Å². The highest BCUT2D eigenvalue weighted by Gasteiger charge is 2.33. The van der Waals surface area contributed by atoms with Gasteiger partial charge in [0.15, 0.2) is 0 Å². The van der Waals surface area contributed by atoms with Gasteiger partial charge in [0.25, 0.3) is 0 Å². The summed E-state index contributed by atoms with van der Waals surface area (Å²) in [5.74, 6) is 0.391. The molecule has 2 N–H and O–H groups in total. The number of rotatable bonds is 9. The number of aliphatic carboxylic acids is 1. The van der Waals surface area contributed by atoms with Gasteiger partial charge in [-0.2, -0.15) is 0 Å². The van der Waals surface area contributed by atoms with Crippen molar-refractivity contribution in [2.24, 2.45) is 5.92 Å². The number of hydrogen-bond acceptors (Lipinski definition) is 3. The Morgan fingerprint density at radius 2 is 2.00 bits per heavy atom. The lowest BCUT2D eigenvalue weighted by Crippen LogP contribution is -2.38. The Morgan fingerprint density at radius 3 is 2.62 bits per heavy atom. The molecule has 0 spiro atoms. The average Bonchev–Trinajstić information content (AvgIpc) is 3.28. The van der Waals surface area contributed by atoms with Crippen molar-refractivity contribution in [2.75, 3.05) is 5.75 Å². The molecule has 1 atom stereocenters. The normalized spacial score (nSPS) is 15.4. The van der Waals surface area contributed by atoms with E-state index in [4.69, 9.17) is 5.11 Å². The van der Waals surface area contributed by atoms with Crippen molar-refractivity contribution in [1.29, 1.82) is 0 Å². The van der Waals surface area contributed by atoms with E-state index in [-0.39, 0.29) is 18.4 Å². The predicted molar refractivity (Wildman–Crippen MR) is 83.3 cm³/mol. The van der Waals surface area contributed by atoms with E-state index < -0.39 is 5.97 Å². The number of hydrogen-bond donors (Lipinski definition) is 2. The number of nitrogens with one attached hydrogen (secondary N) is 1. The van der Waals surface area contributed by atoms with Crippen molar-refractivity contribution in [1.82, 2.24) is 5.32 Å². The molecule has 21 heavy (non-hydrogen) atoms. The molecule has 2 rings (SSSR count). The van der Waals surface area contributed by atoms with Gasteiger partial charge in [0.1, 0.15) is 0 Å². The van der Waals surface area contributed by atoms with Gasteiger partial charge >= 0.3 is 5.97 Å². The van der Waals surface area contributed by atoms with E-state index >= 15 is 0 Å². The second-order valence-electron chi connectivity index (χ2n) is 5.37. The Morgan fingerprint density at radius 1 is 1.29 bits per heavy atom. The zero-order chi connectivity index (χ0) is 15.1. The van der Waals surface area contributed by atoms with Crippen molar-refractivity contribution >= 4 is 23.6 Å². The van der Waals surface area contributed by atoms with Crippen molar-refractivity contribution in [3.8, 4) is 0 Å². The zero-order valence-corrected chi connectivity index (χ0v) is 12.8. The first-order valence-corrected chi connectivity index (χ1v) is 8.32. The molecule has 5 heteroatoms. The third kappa shape index (κ3) is 6.21. The predicted octanol–water partition coefficient (Wildman–Crippen LogP) is 2.93. The molecule has 0 aromatic heterocycles. The molecule has 0 bridgehead atoms. The fourth-order valence-corrected chi connectivity index (χ4v) is 3.11. The first-order valence-electron chi connectivity index (χ1n) is 7.34. The number of amides is 1. The highest BCUT2D eigenvalue weighted by atomic mass is 32.2. The minimum absolute atomic E-state index is 0.0261. The van der Waals surface area contributed by atoms with Gasteiger partial charge in [-0.05, 0) is 43.1 Å². The Hall–Kier alpha value is -1.49. The molecule has 114 valence electrons. The quantitative estimate of drug-likeness (QED) is 0.544. The summed E-state index contributed by atoms with van der Waals surface area (Å²) < 4.78 is 0. The Balaban J connectivity index is 1.63. The molecule has 1 amide bonds. The fraction of sp³-hybridized carbons (Fsp3) is 0.500. The van der Waals surface area contributed by atoms with Crippen molar-refractivity contribution in [2.45, 2.75) is 43.0 Å². The largest absolute Gasteiger partial charge is 0.481 e. The van der Waals surface area contributed by atoms with Crippen LogP contribution < -0.4 is 5.32 Å². The van der Waals surface area contributed by atoms with E-state index in [0.29, 0.717) is 12.3 Å². The van der Waals surface area contributed by atoms with Gasteiger partial charge in [-0.3, -0.25) is 9.59 Å². The summed E-state index contributed by atoms with van der Waals surface area (Å²) in [6.07, 6.45) is 3.36. The first-order chi connectivity index (χ1) is 10.1. The second kappa shape index (κ2) is 8.08. The standard InChI is InChI=1S/C16H21NO3S/c18-15(17-14(11-16(19)20)12-8-9-12)7-4-10-21-13-5-2-1-3-6-13/h1-3,5-6,12,14H,4,7-11H2,(H,17,18)(H,19,20). The van der Waals surface area contributed by atoms with Gasteiger partial charge in [0.2, 0.25) is 5.91 Å². The fourth-order valence-electron chi connectivity index (χ4n) is 2.24. The summed E-state index contributed by atoms with van der Waals surface area (Å²) in [6.45, 7) is 0. The molecule has 4 nitrogen and oxygen atoms in total. The molecule has 0 aliphatic heterocycles. The summed E-state index contributed by atoms with van der Waals surface area (Å²) in [6, 6.07) is 9.92. The number of carboxylic acids is 1. The number of carboxylic acid groups (broad SMARTS) is 1. The van der Waals surface area contributed by atoms with E-state index in [9.17, 15) is 9.59 Å². The highest BCUT2D eigenvalue weighted by molar-refractivity contribution is 7.99. The molecule has 1 saturated carbocycles. The van der Waals surface area contributed by atoms with Crippen LogP contribution >= 0.6 is 11.8 Å². The third-order valence-corrected chi connectivity index (χ3v) is 4.59. The average molecular weight is 307 g/mol. The molecule has 1 aromatic rings. The van der Waals surface area contributed by atoms with E-state index in [1.54, 1.807) is 11.8 Å². The zero-order valence-electron chi connectivity index (χ0n) is 12.0. The number of thioether (sulfide) groups is 1. The van der Waals surface area contributed by atoms with Crippen molar-refractivity contribution in [3.63, 3.8) is 0 Å². The Kier molecular flexibility index (Phi) is 6.11. The van der Waals surface area contributed by atoms with Crippen LogP contribution in [0.4, 0.5) is 0 Å². The van der Waals surface area contributed by atoms with E-state index in [1.165, 1.54) is 4.90 Å². The summed E-state index contributed by atoms with van der Waals surface area (Å²) >= 11 is 1.74. The van der Waals surface area contributed by atoms with Gasteiger partial charge in [-0.15, -0.1) is 11.8 Å². The summed E-state index contributed by atoms with van der Waals surface area (Å²) in [5, 5.41) is 11.7. The van der Waals surface area contributed by atoms with Gasteiger partial charge in [0, 0.05) is 17.4 Å². The maximum atomic E-state index is 11.9. The summed E-state index contributed by atoms with van der Waals surface area (Å²) in [5.41, 5.74) is 0. The van der Waals surface area contributed by atoms with Crippen molar-refractivity contribution in [3.05, 3.63) is 30.3 Å². The highest BCUT2D eigenvalue weighted by Crippen LogP contribution is 2.34. The molecule has 0 radical (unpaired) electrons. The molecule has 1 aromatic carbocycles. The molecular weight excluding hydrogens is 286 g/mol. The lowest BCUT2D eigenvalue weighted by Gasteiger charge is -2.16. The SMILES string of the molecule is O=C(O)CC(NC(=O)CCCSc1ccccc1)C1CC1. The summed E-state index contributed by atoms with van der Waals surface area (Å²) in [4.78, 5) is 23.9. The van der Waals surface area contributed by atoms with Gasteiger partial charge in [-0.25, -0.2) is 0 Å². The Labute approximate surface area is 129 Å². The van der Waals surface area contributed by atoms with Gasteiger partial charge in [0.05, 0.1) is 6.42 Å². The van der Waals surface area contributed by atoms with Crippen LogP contribution in [0.25, 0.3) is 0 Å². The van der Waals surface area contributed by atoms with Crippen LogP contribution in [0.15, 0.2) is 35.2 Å². The van der Waals surface area contributed by atoms with Crippen LogP contribution in [0.2, 0.25) is 0 Å². The lowest BCUT2D eigenvalue weighted by atomic mass is 10.1. The number of carbonyl (C=O) groups excluding carboxylic acids is 1. The molecule has 0 heterocycles. The smallest absolute Gasteiger partial charge is 0.305 e. The van der Waals surface area contributed by atoms with Crippen LogP contribution in [0.1, 0.15) is 32.1 Å². The van der Waals surface area contributed by atoms with E-state index in [0.717, 1.165) is 25.0 Å². The lowest BCUT2D eigenvalue weighted by molar-refractivity contribution is -0.137. The maximum Gasteiger partial charge on any atom is 0.305 e. The summed E-state index contributed by atoms with van der Waals surface area (Å²) in [7, 11) is 0. The molecular formula is C16H21NO3S. The first kappa shape index (κ1) is 15.9. The molecule has 0 saturated heterocycles. The van der Waals surface area contributed by atoms with Crippen molar-refractivity contribution < 1.29 is 14.7 Å². The van der Waals surface area contributed by atoms with Gasteiger partial charge < -0.3 is 10.4 Å². The minimum Gasteiger partial charge on any atom is -0.481 e. The molecule has 1 aliphatic rings.